The molecule has 0 saturated carbocycles. The Hall–Kier alpha value is -1.51. The zero-order chi connectivity index (χ0) is 13.0. The first kappa shape index (κ1) is 13.6. The second-order valence-corrected chi connectivity index (χ2v) is 4.66. The van der Waals surface area contributed by atoms with Crippen LogP contribution in [0.25, 0.3) is 0 Å². The van der Waals surface area contributed by atoms with Crippen LogP contribution in [0.5, 0.6) is 0 Å². The van der Waals surface area contributed by atoms with Crippen LogP contribution in [0.3, 0.4) is 0 Å². The highest BCUT2D eigenvalue weighted by Gasteiger charge is 2.14. The maximum Gasteiger partial charge on any atom is 0.335 e. The van der Waals surface area contributed by atoms with Crippen LogP contribution in [0.4, 0.5) is 5.69 Å². The van der Waals surface area contributed by atoms with Gasteiger partial charge in [0.25, 0.3) is 0 Å². The van der Waals surface area contributed by atoms with Gasteiger partial charge in [0.2, 0.25) is 0 Å². The molecule has 3 heteroatoms. The SMILES string of the molecule is CCCC(C)c1cc(C(=O)O)ccc1N(C)C. The molecule has 1 N–H and O–H groups in total. The molecule has 0 amide bonds. The summed E-state index contributed by atoms with van der Waals surface area (Å²) in [6.07, 6.45) is 2.18. The average Bonchev–Trinajstić information content (AvgIpc) is 2.28. The summed E-state index contributed by atoms with van der Waals surface area (Å²) >= 11 is 0. The van der Waals surface area contributed by atoms with Gasteiger partial charge in [-0.15, -0.1) is 0 Å². The van der Waals surface area contributed by atoms with Crippen LogP contribution in [0, 0.1) is 0 Å². The van der Waals surface area contributed by atoms with E-state index in [2.05, 4.69) is 13.8 Å². The number of hydrogen-bond acceptors (Lipinski definition) is 2. The second-order valence-electron chi connectivity index (χ2n) is 4.66. The van der Waals surface area contributed by atoms with E-state index >= 15 is 0 Å². The molecule has 94 valence electrons. The third kappa shape index (κ3) is 3.22. The lowest BCUT2D eigenvalue weighted by atomic mass is 9.93. The van der Waals surface area contributed by atoms with E-state index in [9.17, 15) is 4.79 Å². The number of carbonyl (C=O) groups is 1. The summed E-state index contributed by atoms with van der Waals surface area (Å²) in [4.78, 5) is 13.0. The monoisotopic (exact) mass is 235 g/mol. The predicted octanol–water partition coefficient (Wildman–Crippen LogP) is 3.35. The van der Waals surface area contributed by atoms with Gasteiger partial charge in [0, 0.05) is 19.8 Å². The van der Waals surface area contributed by atoms with Crippen molar-refractivity contribution in [1.82, 2.24) is 0 Å². The van der Waals surface area contributed by atoms with Gasteiger partial charge in [-0.05, 0) is 36.1 Å². The first-order valence-electron chi connectivity index (χ1n) is 6.02. The third-order valence-electron chi connectivity index (χ3n) is 3.01. The smallest absolute Gasteiger partial charge is 0.335 e. The highest BCUT2D eigenvalue weighted by atomic mass is 16.4. The molecule has 0 aliphatic heterocycles. The first-order valence-corrected chi connectivity index (χ1v) is 6.02. The summed E-state index contributed by atoms with van der Waals surface area (Å²) in [5.74, 6) is -0.475. The molecule has 3 nitrogen and oxygen atoms in total. The summed E-state index contributed by atoms with van der Waals surface area (Å²) in [5.41, 5.74) is 2.60. The highest BCUT2D eigenvalue weighted by molar-refractivity contribution is 5.88. The molecule has 0 saturated heterocycles. The Kier molecular flexibility index (Phi) is 4.55. The van der Waals surface area contributed by atoms with Crippen LogP contribution in [-0.2, 0) is 0 Å². The van der Waals surface area contributed by atoms with Crippen molar-refractivity contribution in [3.8, 4) is 0 Å². The van der Waals surface area contributed by atoms with Gasteiger partial charge in [0.05, 0.1) is 5.56 Å². The number of aromatic carboxylic acids is 1. The summed E-state index contributed by atoms with van der Waals surface area (Å²) in [7, 11) is 3.97. The van der Waals surface area contributed by atoms with E-state index in [-0.39, 0.29) is 0 Å². The van der Waals surface area contributed by atoms with Crippen molar-refractivity contribution in [2.75, 3.05) is 19.0 Å². The van der Waals surface area contributed by atoms with Gasteiger partial charge in [0.1, 0.15) is 0 Å². The summed E-state index contributed by atoms with van der Waals surface area (Å²) in [5, 5.41) is 9.04. The van der Waals surface area contributed by atoms with Crippen molar-refractivity contribution >= 4 is 11.7 Å². The number of nitrogens with zero attached hydrogens (tertiary/aromatic N) is 1. The Balaban J connectivity index is 3.20. The van der Waals surface area contributed by atoms with Gasteiger partial charge in [-0.25, -0.2) is 4.79 Å². The Bertz CT molecular complexity index is 399. The van der Waals surface area contributed by atoms with Crippen LogP contribution < -0.4 is 4.90 Å². The van der Waals surface area contributed by atoms with Crippen LogP contribution in [0.1, 0.15) is 48.5 Å². The minimum absolute atomic E-state index is 0.369. The number of rotatable bonds is 5. The van der Waals surface area contributed by atoms with Crippen molar-refractivity contribution in [3.63, 3.8) is 0 Å². The number of hydrogen-bond donors (Lipinski definition) is 1. The molecule has 0 aromatic heterocycles. The lowest BCUT2D eigenvalue weighted by Gasteiger charge is -2.22. The van der Waals surface area contributed by atoms with Crippen molar-refractivity contribution in [1.29, 1.82) is 0 Å². The van der Waals surface area contributed by atoms with Crippen molar-refractivity contribution in [2.45, 2.75) is 32.6 Å². The van der Waals surface area contributed by atoms with Gasteiger partial charge >= 0.3 is 5.97 Å². The highest BCUT2D eigenvalue weighted by Crippen LogP contribution is 2.30. The van der Waals surface area contributed by atoms with Gasteiger partial charge in [0.15, 0.2) is 0 Å². The largest absolute Gasteiger partial charge is 0.478 e. The summed E-state index contributed by atoms with van der Waals surface area (Å²) < 4.78 is 0. The van der Waals surface area contributed by atoms with E-state index in [0.29, 0.717) is 11.5 Å². The van der Waals surface area contributed by atoms with E-state index in [1.165, 1.54) is 0 Å². The Morgan fingerprint density at radius 3 is 2.53 bits per heavy atom. The van der Waals surface area contributed by atoms with Crippen LogP contribution in [-0.4, -0.2) is 25.2 Å². The number of anilines is 1. The van der Waals surface area contributed by atoms with Gasteiger partial charge in [-0.2, -0.15) is 0 Å². The molecular formula is C14H21NO2. The molecule has 0 aliphatic carbocycles. The number of carboxylic acids is 1. The Morgan fingerprint density at radius 1 is 1.41 bits per heavy atom. The third-order valence-corrected chi connectivity index (χ3v) is 3.01. The molecule has 1 aromatic carbocycles. The van der Waals surface area contributed by atoms with Crippen molar-refractivity contribution in [3.05, 3.63) is 29.3 Å². The molecule has 1 rings (SSSR count). The van der Waals surface area contributed by atoms with Crippen LogP contribution in [0.15, 0.2) is 18.2 Å². The fourth-order valence-electron chi connectivity index (χ4n) is 2.08. The maximum absolute atomic E-state index is 11.0. The van der Waals surface area contributed by atoms with Crippen LogP contribution in [0.2, 0.25) is 0 Å². The molecule has 1 unspecified atom stereocenters. The zero-order valence-corrected chi connectivity index (χ0v) is 11.0. The average molecular weight is 235 g/mol. The zero-order valence-electron chi connectivity index (χ0n) is 11.0. The first-order chi connectivity index (χ1) is 7.97. The lowest BCUT2D eigenvalue weighted by Crippen LogP contribution is -2.13. The standard InChI is InChI=1S/C14H21NO2/c1-5-6-10(2)12-9-11(14(16)17)7-8-13(12)15(3)4/h7-10H,5-6H2,1-4H3,(H,16,17). The van der Waals surface area contributed by atoms with Gasteiger partial charge in [-0.1, -0.05) is 20.3 Å². The van der Waals surface area contributed by atoms with E-state index in [0.717, 1.165) is 24.1 Å². The molecule has 0 heterocycles. The Labute approximate surface area is 103 Å². The molecule has 0 fully saturated rings. The Morgan fingerprint density at radius 2 is 2.06 bits per heavy atom. The summed E-state index contributed by atoms with van der Waals surface area (Å²) in [6, 6.07) is 5.36. The number of carboxylic acid groups (broad SMARTS) is 1. The van der Waals surface area contributed by atoms with Crippen molar-refractivity contribution in [2.24, 2.45) is 0 Å². The van der Waals surface area contributed by atoms with Gasteiger partial charge in [-0.3, -0.25) is 0 Å². The van der Waals surface area contributed by atoms with Crippen molar-refractivity contribution < 1.29 is 9.90 Å². The molecule has 0 aliphatic rings. The predicted molar refractivity (Wildman–Crippen MR) is 71.1 cm³/mol. The maximum atomic E-state index is 11.0. The number of benzene rings is 1. The molecule has 0 spiro atoms. The minimum atomic E-state index is -0.861. The fraction of sp³-hybridized carbons (Fsp3) is 0.500. The normalized spacial score (nSPS) is 12.2. The van der Waals surface area contributed by atoms with E-state index in [1.54, 1.807) is 12.1 Å². The van der Waals surface area contributed by atoms with E-state index in [4.69, 9.17) is 5.11 Å². The second kappa shape index (κ2) is 5.71. The molecule has 1 aromatic rings. The van der Waals surface area contributed by atoms with E-state index < -0.39 is 5.97 Å². The molecule has 0 bridgehead atoms. The van der Waals surface area contributed by atoms with Crippen LogP contribution >= 0.6 is 0 Å². The lowest BCUT2D eigenvalue weighted by molar-refractivity contribution is 0.0697. The van der Waals surface area contributed by atoms with E-state index in [1.807, 2.05) is 25.1 Å². The topological polar surface area (TPSA) is 40.5 Å². The van der Waals surface area contributed by atoms with Gasteiger partial charge < -0.3 is 10.0 Å². The quantitative estimate of drug-likeness (QED) is 0.850. The minimum Gasteiger partial charge on any atom is -0.478 e. The fourth-order valence-corrected chi connectivity index (χ4v) is 2.08. The molecule has 17 heavy (non-hydrogen) atoms. The molecule has 0 radical (unpaired) electrons. The molecular weight excluding hydrogens is 214 g/mol. The summed E-state index contributed by atoms with van der Waals surface area (Å²) in [6.45, 7) is 4.30. The molecule has 1 atom stereocenters.